The van der Waals surface area contributed by atoms with Crippen molar-refractivity contribution in [1.29, 1.82) is 0 Å². The van der Waals surface area contributed by atoms with E-state index in [1.54, 1.807) is 0 Å². The minimum Gasteiger partial charge on any atom is -0.365 e. The fourth-order valence-electron chi connectivity index (χ4n) is 3.28. The zero-order valence-electron chi connectivity index (χ0n) is 11.7. The summed E-state index contributed by atoms with van der Waals surface area (Å²) < 4.78 is 1.88. The molecule has 1 saturated carbocycles. The highest BCUT2D eigenvalue weighted by Gasteiger charge is 2.28. The molecule has 1 aliphatic carbocycles. The second-order valence-electron chi connectivity index (χ2n) is 5.88. The van der Waals surface area contributed by atoms with Crippen molar-refractivity contribution >= 4 is 11.3 Å². The third kappa shape index (κ3) is 2.44. The van der Waals surface area contributed by atoms with E-state index in [1.807, 2.05) is 29.2 Å². The Bertz CT molecular complexity index is 546. The van der Waals surface area contributed by atoms with Crippen molar-refractivity contribution in [2.45, 2.75) is 45.6 Å². The molecule has 102 valence electrons. The van der Waals surface area contributed by atoms with Gasteiger partial charge in [0.1, 0.15) is 5.52 Å². The minimum absolute atomic E-state index is 0.544. The lowest BCUT2D eigenvalue weighted by Gasteiger charge is -2.35. The zero-order chi connectivity index (χ0) is 13.2. The van der Waals surface area contributed by atoms with Crippen molar-refractivity contribution in [3.63, 3.8) is 0 Å². The maximum atomic E-state index is 4.50. The summed E-state index contributed by atoms with van der Waals surface area (Å²) in [5.41, 5.74) is 1.07. The van der Waals surface area contributed by atoms with Gasteiger partial charge in [-0.25, -0.2) is 9.50 Å². The van der Waals surface area contributed by atoms with Crippen molar-refractivity contribution in [3.8, 4) is 0 Å². The van der Waals surface area contributed by atoms with Crippen LogP contribution in [0.15, 0.2) is 24.7 Å². The van der Waals surface area contributed by atoms with Gasteiger partial charge in [-0.1, -0.05) is 26.7 Å². The highest BCUT2D eigenvalue weighted by molar-refractivity contribution is 5.67. The van der Waals surface area contributed by atoms with Crippen LogP contribution >= 0.6 is 0 Å². The highest BCUT2D eigenvalue weighted by Crippen LogP contribution is 2.32. The summed E-state index contributed by atoms with van der Waals surface area (Å²) >= 11 is 0. The van der Waals surface area contributed by atoms with Crippen LogP contribution in [0, 0.1) is 11.8 Å². The number of anilines is 1. The van der Waals surface area contributed by atoms with Crippen LogP contribution in [0.4, 0.5) is 5.82 Å². The number of hydrogen-bond donors (Lipinski definition) is 1. The molecule has 1 fully saturated rings. The Morgan fingerprint density at radius 2 is 2.11 bits per heavy atom. The van der Waals surface area contributed by atoms with Crippen molar-refractivity contribution < 1.29 is 0 Å². The molecule has 0 aliphatic heterocycles. The Hall–Kier alpha value is -1.58. The van der Waals surface area contributed by atoms with Crippen LogP contribution in [-0.2, 0) is 0 Å². The van der Waals surface area contributed by atoms with Crippen molar-refractivity contribution in [2.24, 2.45) is 11.8 Å². The zero-order valence-corrected chi connectivity index (χ0v) is 11.7. The van der Waals surface area contributed by atoms with Gasteiger partial charge in [0.25, 0.3) is 0 Å². The molecule has 0 spiro atoms. The second-order valence-corrected chi connectivity index (χ2v) is 5.88. The molecule has 0 aromatic carbocycles. The predicted molar refractivity (Wildman–Crippen MR) is 77.2 cm³/mol. The minimum atomic E-state index is 0.544. The molecule has 0 amide bonds. The van der Waals surface area contributed by atoms with Gasteiger partial charge in [0.15, 0.2) is 5.82 Å². The molecule has 2 atom stereocenters. The molecule has 19 heavy (non-hydrogen) atoms. The standard InChI is InChI=1S/C15H22N4/c1-11(2)12-5-3-4-6-13(12)18-15-14-7-8-17-19(14)10-9-16-15/h7-13H,3-6H2,1-2H3,(H,16,18). The molecule has 3 rings (SSSR count). The van der Waals surface area contributed by atoms with Crippen LogP contribution in [0.3, 0.4) is 0 Å². The van der Waals surface area contributed by atoms with Crippen LogP contribution in [0.1, 0.15) is 39.5 Å². The smallest absolute Gasteiger partial charge is 0.152 e. The molecule has 1 aliphatic rings. The summed E-state index contributed by atoms with van der Waals surface area (Å²) in [4.78, 5) is 4.50. The fourth-order valence-corrected chi connectivity index (χ4v) is 3.28. The van der Waals surface area contributed by atoms with Crippen molar-refractivity contribution in [2.75, 3.05) is 5.32 Å². The Morgan fingerprint density at radius 3 is 2.95 bits per heavy atom. The molecule has 4 nitrogen and oxygen atoms in total. The quantitative estimate of drug-likeness (QED) is 0.918. The first kappa shape index (κ1) is 12.5. The van der Waals surface area contributed by atoms with Gasteiger partial charge in [0.2, 0.25) is 0 Å². The summed E-state index contributed by atoms with van der Waals surface area (Å²) in [5, 5.41) is 7.93. The molecule has 2 heterocycles. The van der Waals surface area contributed by atoms with Gasteiger partial charge in [-0.15, -0.1) is 0 Å². The number of hydrogen-bond acceptors (Lipinski definition) is 3. The van der Waals surface area contributed by atoms with E-state index in [4.69, 9.17) is 0 Å². The lowest BCUT2D eigenvalue weighted by Crippen LogP contribution is -2.35. The van der Waals surface area contributed by atoms with E-state index in [-0.39, 0.29) is 0 Å². The van der Waals surface area contributed by atoms with Crippen LogP contribution in [-0.4, -0.2) is 20.6 Å². The predicted octanol–water partition coefficient (Wildman–Crippen LogP) is 3.36. The number of nitrogens with zero attached hydrogens (tertiary/aromatic N) is 3. The van der Waals surface area contributed by atoms with Crippen LogP contribution in [0.25, 0.3) is 5.52 Å². The second kappa shape index (κ2) is 5.19. The first-order valence-electron chi connectivity index (χ1n) is 7.30. The van der Waals surface area contributed by atoms with Crippen LogP contribution < -0.4 is 5.32 Å². The van der Waals surface area contributed by atoms with Crippen LogP contribution in [0.2, 0.25) is 0 Å². The van der Waals surface area contributed by atoms with E-state index in [0.717, 1.165) is 23.2 Å². The SMILES string of the molecule is CC(C)C1CCCCC1Nc1nccn2nccc12. The van der Waals surface area contributed by atoms with Gasteiger partial charge >= 0.3 is 0 Å². The van der Waals surface area contributed by atoms with Gasteiger partial charge in [-0.05, 0) is 30.7 Å². The fraction of sp³-hybridized carbons (Fsp3) is 0.600. The van der Waals surface area contributed by atoms with E-state index in [9.17, 15) is 0 Å². The number of nitrogens with one attached hydrogen (secondary N) is 1. The number of fused-ring (bicyclic) bond motifs is 1. The van der Waals surface area contributed by atoms with E-state index >= 15 is 0 Å². The molecular formula is C15H22N4. The molecule has 0 saturated heterocycles. The maximum absolute atomic E-state index is 4.50. The van der Waals surface area contributed by atoms with E-state index in [1.165, 1.54) is 25.7 Å². The third-order valence-electron chi connectivity index (χ3n) is 4.32. The lowest BCUT2D eigenvalue weighted by molar-refractivity contribution is 0.253. The maximum Gasteiger partial charge on any atom is 0.152 e. The molecule has 2 aromatic rings. The van der Waals surface area contributed by atoms with Crippen molar-refractivity contribution in [1.82, 2.24) is 14.6 Å². The Balaban J connectivity index is 1.85. The lowest BCUT2D eigenvalue weighted by atomic mass is 9.78. The average molecular weight is 258 g/mol. The molecular weight excluding hydrogens is 236 g/mol. The monoisotopic (exact) mass is 258 g/mol. The summed E-state index contributed by atoms with van der Waals surface area (Å²) in [6.07, 6.45) is 10.8. The largest absolute Gasteiger partial charge is 0.365 e. The highest BCUT2D eigenvalue weighted by atomic mass is 15.2. The van der Waals surface area contributed by atoms with E-state index in [0.29, 0.717) is 6.04 Å². The summed E-state index contributed by atoms with van der Waals surface area (Å²) in [6.45, 7) is 4.66. The number of rotatable bonds is 3. The average Bonchev–Trinajstić information content (AvgIpc) is 2.88. The van der Waals surface area contributed by atoms with E-state index < -0.39 is 0 Å². The molecule has 1 N–H and O–H groups in total. The van der Waals surface area contributed by atoms with E-state index in [2.05, 4.69) is 29.2 Å². The molecule has 0 radical (unpaired) electrons. The van der Waals surface area contributed by atoms with Gasteiger partial charge in [0.05, 0.1) is 6.20 Å². The topological polar surface area (TPSA) is 42.2 Å². The molecule has 4 heteroatoms. The first-order valence-corrected chi connectivity index (χ1v) is 7.30. The summed E-state index contributed by atoms with van der Waals surface area (Å²) in [5.74, 6) is 2.44. The van der Waals surface area contributed by atoms with Crippen molar-refractivity contribution in [3.05, 3.63) is 24.7 Å². The normalized spacial score (nSPS) is 23.9. The van der Waals surface area contributed by atoms with Crippen LogP contribution in [0.5, 0.6) is 0 Å². The first-order chi connectivity index (χ1) is 9.25. The van der Waals surface area contributed by atoms with Gasteiger partial charge < -0.3 is 5.32 Å². The third-order valence-corrected chi connectivity index (χ3v) is 4.32. The summed E-state index contributed by atoms with van der Waals surface area (Å²) in [6, 6.07) is 2.56. The molecule has 2 aromatic heterocycles. The number of aromatic nitrogens is 3. The molecule has 2 unspecified atom stereocenters. The Labute approximate surface area is 114 Å². The summed E-state index contributed by atoms with van der Waals surface area (Å²) in [7, 11) is 0. The molecule has 0 bridgehead atoms. The Kier molecular flexibility index (Phi) is 3.40. The Morgan fingerprint density at radius 1 is 1.26 bits per heavy atom. The van der Waals surface area contributed by atoms with Gasteiger partial charge in [-0.3, -0.25) is 0 Å². The van der Waals surface area contributed by atoms with Gasteiger partial charge in [0, 0.05) is 18.4 Å². The van der Waals surface area contributed by atoms with Gasteiger partial charge in [-0.2, -0.15) is 5.10 Å².